The van der Waals surface area contributed by atoms with Crippen LogP contribution in [0, 0.1) is 5.92 Å². The molecule has 1 fully saturated rings. The highest BCUT2D eigenvalue weighted by Crippen LogP contribution is 2.29. The molecule has 6 nitrogen and oxygen atoms in total. The number of hydrogen-bond donors (Lipinski definition) is 1. The molecule has 37 heavy (non-hydrogen) atoms. The first-order chi connectivity index (χ1) is 18.0. The van der Waals surface area contributed by atoms with Crippen molar-refractivity contribution in [1.29, 1.82) is 0 Å². The van der Waals surface area contributed by atoms with Crippen molar-refractivity contribution in [1.82, 2.24) is 14.8 Å². The molecule has 6 heteroatoms. The average molecular weight is 504 g/mol. The number of H-pyrrole nitrogens is 1. The second-order valence-corrected chi connectivity index (χ2v) is 10.5. The van der Waals surface area contributed by atoms with E-state index in [-0.39, 0.29) is 24.4 Å². The summed E-state index contributed by atoms with van der Waals surface area (Å²) in [4.78, 5) is 33.9. The van der Waals surface area contributed by atoms with Gasteiger partial charge in [-0.05, 0) is 50.3 Å². The quantitative estimate of drug-likeness (QED) is 0.332. The fourth-order valence-electron chi connectivity index (χ4n) is 5.50. The van der Waals surface area contributed by atoms with Crippen LogP contribution in [-0.4, -0.2) is 52.8 Å². The van der Waals surface area contributed by atoms with Crippen molar-refractivity contribution in [2.75, 3.05) is 20.2 Å². The van der Waals surface area contributed by atoms with E-state index in [2.05, 4.69) is 17.1 Å². The molecular formula is C31H41N3O3. The van der Waals surface area contributed by atoms with Gasteiger partial charge in [-0.2, -0.15) is 0 Å². The van der Waals surface area contributed by atoms with Crippen LogP contribution in [0.2, 0.25) is 0 Å². The Morgan fingerprint density at radius 2 is 1.73 bits per heavy atom. The molecule has 1 aromatic heterocycles. The van der Waals surface area contributed by atoms with Crippen LogP contribution in [0.25, 0.3) is 10.9 Å². The van der Waals surface area contributed by atoms with E-state index < -0.39 is 0 Å². The van der Waals surface area contributed by atoms with Crippen LogP contribution in [0.4, 0.5) is 0 Å². The van der Waals surface area contributed by atoms with Crippen LogP contribution in [0.5, 0.6) is 5.75 Å². The van der Waals surface area contributed by atoms with Crippen molar-refractivity contribution >= 4 is 22.7 Å². The lowest BCUT2D eigenvalue weighted by Crippen LogP contribution is -2.46. The van der Waals surface area contributed by atoms with Crippen molar-refractivity contribution in [3.05, 3.63) is 65.9 Å². The van der Waals surface area contributed by atoms with Crippen molar-refractivity contribution in [3.63, 3.8) is 0 Å². The Labute approximate surface area is 221 Å². The highest BCUT2D eigenvalue weighted by Gasteiger charge is 2.25. The third kappa shape index (κ3) is 6.94. The SMILES string of the molecule is COc1ccccc1CN(CCc1c[nH]c2ccccc12)C(=O)CN(C(=O)CCC1CCCC1)C(C)C. The van der Waals surface area contributed by atoms with Crippen molar-refractivity contribution < 1.29 is 14.3 Å². The first kappa shape index (κ1) is 26.8. The predicted molar refractivity (Wildman–Crippen MR) is 148 cm³/mol. The summed E-state index contributed by atoms with van der Waals surface area (Å²) in [7, 11) is 1.65. The number of fused-ring (bicyclic) bond motifs is 1. The number of methoxy groups -OCH3 is 1. The molecule has 0 radical (unpaired) electrons. The molecule has 0 spiro atoms. The maximum atomic E-state index is 13.7. The number of hydrogen-bond acceptors (Lipinski definition) is 3. The van der Waals surface area contributed by atoms with Gasteiger partial charge in [0.1, 0.15) is 5.75 Å². The topological polar surface area (TPSA) is 65.6 Å². The molecule has 3 aromatic rings. The van der Waals surface area contributed by atoms with Gasteiger partial charge in [0.15, 0.2) is 0 Å². The Morgan fingerprint density at radius 3 is 2.49 bits per heavy atom. The zero-order valence-electron chi connectivity index (χ0n) is 22.5. The van der Waals surface area contributed by atoms with Gasteiger partial charge in [-0.25, -0.2) is 0 Å². The van der Waals surface area contributed by atoms with E-state index in [0.29, 0.717) is 25.4 Å². The first-order valence-electron chi connectivity index (χ1n) is 13.7. The van der Waals surface area contributed by atoms with Crippen LogP contribution in [-0.2, 0) is 22.6 Å². The average Bonchev–Trinajstić information content (AvgIpc) is 3.58. The highest BCUT2D eigenvalue weighted by molar-refractivity contribution is 5.85. The van der Waals surface area contributed by atoms with Crippen LogP contribution >= 0.6 is 0 Å². The number of rotatable bonds is 12. The zero-order chi connectivity index (χ0) is 26.2. The second-order valence-electron chi connectivity index (χ2n) is 10.5. The molecule has 0 saturated heterocycles. The number of aromatic nitrogens is 1. The molecule has 1 aliphatic rings. The zero-order valence-corrected chi connectivity index (χ0v) is 22.5. The van der Waals surface area contributed by atoms with E-state index in [1.807, 2.05) is 61.3 Å². The Hall–Kier alpha value is -3.28. The molecule has 0 unspecified atom stereocenters. The van der Waals surface area contributed by atoms with Gasteiger partial charge in [0.2, 0.25) is 11.8 Å². The summed E-state index contributed by atoms with van der Waals surface area (Å²) in [6, 6.07) is 16.0. The van der Waals surface area contributed by atoms with Gasteiger partial charge in [0.05, 0.1) is 13.7 Å². The fourth-order valence-corrected chi connectivity index (χ4v) is 5.50. The number of carbonyl (C=O) groups excluding carboxylic acids is 2. The van der Waals surface area contributed by atoms with Crippen molar-refractivity contribution in [2.45, 2.75) is 71.4 Å². The minimum atomic E-state index is -0.0336. The fraction of sp³-hybridized carbons (Fsp3) is 0.484. The predicted octanol–water partition coefficient (Wildman–Crippen LogP) is 5.96. The van der Waals surface area contributed by atoms with E-state index in [4.69, 9.17) is 4.74 Å². The number of benzene rings is 2. The first-order valence-corrected chi connectivity index (χ1v) is 13.7. The smallest absolute Gasteiger partial charge is 0.242 e. The molecule has 2 amide bonds. The van der Waals surface area contributed by atoms with E-state index in [0.717, 1.165) is 29.7 Å². The van der Waals surface area contributed by atoms with E-state index in [1.165, 1.54) is 36.6 Å². The normalized spacial score (nSPS) is 13.8. The molecule has 0 bridgehead atoms. The largest absolute Gasteiger partial charge is 0.496 e. The monoisotopic (exact) mass is 503 g/mol. The third-order valence-electron chi connectivity index (χ3n) is 7.72. The van der Waals surface area contributed by atoms with Crippen LogP contribution < -0.4 is 4.74 Å². The molecule has 198 valence electrons. The van der Waals surface area contributed by atoms with Gasteiger partial charge >= 0.3 is 0 Å². The minimum Gasteiger partial charge on any atom is -0.496 e. The standard InChI is InChI=1S/C31H41N3O3/c1-23(2)34(30(35)17-16-24-10-4-5-11-24)22-31(36)33(21-26-12-6-9-15-29(26)37-3)19-18-25-20-32-28-14-8-7-13-27(25)28/h6-9,12-15,20,23-24,32H,4-5,10-11,16-19,21-22H2,1-3H3. The van der Waals surface area contributed by atoms with Crippen LogP contribution in [0.15, 0.2) is 54.7 Å². The maximum Gasteiger partial charge on any atom is 0.242 e. The second kappa shape index (κ2) is 12.8. The van der Waals surface area contributed by atoms with Gasteiger partial charge < -0.3 is 19.5 Å². The Morgan fingerprint density at radius 1 is 1.00 bits per heavy atom. The lowest BCUT2D eigenvalue weighted by atomic mass is 10.0. The van der Waals surface area contributed by atoms with Crippen molar-refractivity contribution in [3.8, 4) is 5.75 Å². The molecular weight excluding hydrogens is 462 g/mol. The Balaban J connectivity index is 1.48. The summed E-state index contributed by atoms with van der Waals surface area (Å²) < 4.78 is 5.56. The number of aromatic amines is 1. The molecule has 2 aromatic carbocycles. The molecule has 0 atom stereocenters. The van der Waals surface area contributed by atoms with Crippen LogP contribution in [0.3, 0.4) is 0 Å². The lowest BCUT2D eigenvalue weighted by Gasteiger charge is -2.31. The van der Waals surface area contributed by atoms with E-state index in [9.17, 15) is 9.59 Å². The molecule has 1 heterocycles. The molecule has 4 rings (SSSR count). The van der Waals surface area contributed by atoms with Gasteiger partial charge in [-0.15, -0.1) is 0 Å². The highest BCUT2D eigenvalue weighted by atomic mass is 16.5. The van der Waals surface area contributed by atoms with Gasteiger partial charge in [0, 0.05) is 48.2 Å². The molecule has 1 saturated carbocycles. The number of nitrogens with one attached hydrogen (secondary N) is 1. The number of carbonyl (C=O) groups is 2. The number of para-hydroxylation sites is 2. The van der Waals surface area contributed by atoms with Crippen LogP contribution in [0.1, 0.15) is 63.5 Å². The molecule has 1 aliphatic carbocycles. The Bertz CT molecular complexity index is 1180. The van der Waals surface area contributed by atoms with E-state index in [1.54, 1.807) is 12.0 Å². The summed E-state index contributed by atoms with van der Waals surface area (Å²) in [6.07, 6.45) is 9.23. The number of nitrogens with zero attached hydrogens (tertiary/aromatic N) is 2. The summed E-state index contributed by atoms with van der Waals surface area (Å²) in [5, 5.41) is 1.18. The lowest BCUT2D eigenvalue weighted by molar-refractivity contribution is -0.142. The van der Waals surface area contributed by atoms with E-state index >= 15 is 0 Å². The minimum absolute atomic E-state index is 0.0262. The van der Waals surface area contributed by atoms with Crippen molar-refractivity contribution in [2.24, 2.45) is 5.92 Å². The molecule has 0 aliphatic heterocycles. The summed E-state index contributed by atoms with van der Waals surface area (Å²) in [5.41, 5.74) is 3.24. The van der Waals surface area contributed by atoms with Gasteiger partial charge in [0.25, 0.3) is 0 Å². The maximum absolute atomic E-state index is 13.7. The number of amides is 2. The Kier molecular flexibility index (Phi) is 9.26. The van der Waals surface area contributed by atoms with Gasteiger partial charge in [-0.3, -0.25) is 9.59 Å². The summed E-state index contributed by atoms with van der Waals surface area (Å²) >= 11 is 0. The summed E-state index contributed by atoms with van der Waals surface area (Å²) in [6.45, 7) is 5.09. The summed E-state index contributed by atoms with van der Waals surface area (Å²) in [5.74, 6) is 1.48. The molecule has 1 N–H and O–H groups in total. The number of ether oxygens (including phenoxy) is 1. The third-order valence-corrected chi connectivity index (χ3v) is 7.72. The van der Waals surface area contributed by atoms with Gasteiger partial charge in [-0.1, -0.05) is 62.1 Å².